The van der Waals surface area contributed by atoms with Crippen molar-refractivity contribution in [3.05, 3.63) is 36.2 Å². The van der Waals surface area contributed by atoms with Crippen LogP contribution in [-0.2, 0) is 6.42 Å². The van der Waals surface area contributed by atoms with Crippen LogP contribution in [0.3, 0.4) is 0 Å². The van der Waals surface area contributed by atoms with Crippen molar-refractivity contribution in [2.24, 2.45) is 5.92 Å². The molecule has 1 saturated heterocycles. The summed E-state index contributed by atoms with van der Waals surface area (Å²) in [5.41, 5.74) is 1.90. The number of likely N-dealkylation sites (tertiary alicyclic amines) is 1. The van der Waals surface area contributed by atoms with Gasteiger partial charge in [-0.1, -0.05) is 13.0 Å². The van der Waals surface area contributed by atoms with Crippen molar-refractivity contribution in [3.8, 4) is 11.5 Å². The molecule has 0 radical (unpaired) electrons. The number of hydrogen-bond acceptors (Lipinski definition) is 5. The first-order valence-corrected chi connectivity index (χ1v) is 8.84. The Morgan fingerprint density at radius 1 is 1.21 bits per heavy atom. The van der Waals surface area contributed by atoms with Gasteiger partial charge >= 0.3 is 0 Å². The van der Waals surface area contributed by atoms with Gasteiger partial charge in [0.2, 0.25) is 0 Å². The van der Waals surface area contributed by atoms with E-state index in [2.05, 4.69) is 46.9 Å². The van der Waals surface area contributed by atoms with Crippen molar-refractivity contribution in [2.45, 2.75) is 26.2 Å². The monoisotopic (exact) mass is 325 g/mol. The lowest BCUT2D eigenvalue weighted by atomic mass is 9.97. The highest BCUT2D eigenvalue weighted by atomic mass is 15.2. The number of aryl methyl sites for hydroxylation is 1. The van der Waals surface area contributed by atoms with E-state index in [1.54, 1.807) is 6.20 Å². The topological polar surface area (TPSA) is 45.2 Å². The Labute approximate surface area is 144 Å². The SMILES string of the molecule is CCc1cc(N(C)CC2CCN(C)CC2)nc(-c2ccccn2)n1. The molecule has 3 heterocycles. The summed E-state index contributed by atoms with van der Waals surface area (Å²) in [6, 6.07) is 7.98. The second-order valence-corrected chi connectivity index (χ2v) is 6.74. The molecular weight excluding hydrogens is 298 g/mol. The molecule has 3 rings (SSSR count). The summed E-state index contributed by atoms with van der Waals surface area (Å²) in [7, 11) is 4.35. The molecule has 0 saturated carbocycles. The van der Waals surface area contributed by atoms with Gasteiger partial charge in [0, 0.05) is 31.5 Å². The van der Waals surface area contributed by atoms with Gasteiger partial charge < -0.3 is 9.80 Å². The zero-order chi connectivity index (χ0) is 16.9. The first-order valence-electron chi connectivity index (χ1n) is 8.84. The number of piperidine rings is 1. The number of rotatable bonds is 5. The summed E-state index contributed by atoms with van der Waals surface area (Å²) in [5, 5.41) is 0. The minimum absolute atomic E-state index is 0.722. The highest BCUT2D eigenvalue weighted by molar-refractivity contribution is 5.53. The molecule has 5 heteroatoms. The molecular formula is C19H27N5. The Kier molecular flexibility index (Phi) is 5.41. The van der Waals surface area contributed by atoms with Crippen LogP contribution >= 0.6 is 0 Å². The summed E-state index contributed by atoms with van der Waals surface area (Å²) >= 11 is 0. The summed E-state index contributed by atoms with van der Waals surface area (Å²) in [4.78, 5) is 18.5. The van der Waals surface area contributed by atoms with E-state index < -0.39 is 0 Å². The number of aromatic nitrogens is 3. The van der Waals surface area contributed by atoms with Crippen molar-refractivity contribution in [2.75, 3.05) is 38.6 Å². The lowest BCUT2D eigenvalue weighted by Gasteiger charge is -2.32. The van der Waals surface area contributed by atoms with Crippen LogP contribution in [0.1, 0.15) is 25.5 Å². The van der Waals surface area contributed by atoms with E-state index in [1.165, 1.54) is 25.9 Å². The average Bonchev–Trinajstić information content (AvgIpc) is 2.64. The molecule has 0 amide bonds. The molecule has 0 aliphatic carbocycles. The molecule has 128 valence electrons. The molecule has 1 aliphatic rings. The quantitative estimate of drug-likeness (QED) is 0.846. The van der Waals surface area contributed by atoms with Crippen LogP contribution in [0.5, 0.6) is 0 Å². The van der Waals surface area contributed by atoms with E-state index in [-0.39, 0.29) is 0 Å². The van der Waals surface area contributed by atoms with E-state index >= 15 is 0 Å². The maximum Gasteiger partial charge on any atom is 0.180 e. The molecule has 0 atom stereocenters. The van der Waals surface area contributed by atoms with Crippen LogP contribution in [0.4, 0.5) is 5.82 Å². The van der Waals surface area contributed by atoms with Crippen LogP contribution in [0.15, 0.2) is 30.5 Å². The first-order chi connectivity index (χ1) is 11.7. The van der Waals surface area contributed by atoms with Crippen LogP contribution in [-0.4, -0.2) is 53.6 Å². The number of hydrogen-bond donors (Lipinski definition) is 0. The predicted octanol–water partition coefficient (Wildman–Crippen LogP) is 2.88. The summed E-state index contributed by atoms with van der Waals surface area (Å²) in [5.74, 6) is 2.46. The molecule has 1 aliphatic heterocycles. The fourth-order valence-corrected chi connectivity index (χ4v) is 3.19. The fraction of sp³-hybridized carbons (Fsp3) is 0.526. The van der Waals surface area contributed by atoms with E-state index in [0.29, 0.717) is 0 Å². The second kappa shape index (κ2) is 7.71. The van der Waals surface area contributed by atoms with Gasteiger partial charge in [-0.15, -0.1) is 0 Å². The number of nitrogens with zero attached hydrogens (tertiary/aromatic N) is 5. The minimum Gasteiger partial charge on any atom is -0.359 e. The Bertz CT molecular complexity index is 650. The molecule has 1 fully saturated rings. The van der Waals surface area contributed by atoms with Crippen molar-refractivity contribution >= 4 is 5.82 Å². The highest BCUT2D eigenvalue weighted by Crippen LogP contribution is 2.22. The van der Waals surface area contributed by atoms with Crippen molar-refractivity contribution < 1.29 is 0 Å². The minimum atomic E-state index is 0.722. The third-order valence-corrected chi connectivity index (χ3v) is 4.78. The molecule has 0 spiro atoms. The Morgan fingerprint density at radius 2 is 2.00 bits per heavy atom. The van der Waals surface area contributed by atoms with E-state index in [1.807, 2.05) is 18.2 Å². The Hall–Kier alpha value is -2.01. The second-order valence-electron chi connectivity index (χ2n) is 6.74. The van der Waals surface area contributed by atoms with Gasteiger partial charge in [-0.2, -0.15) is 0 Å². The van der Waals surface area contributed by atoms with Crippen LogP contribution in [0.2, 0.25) is 0 Å². The molecule has 2 aromatic heterocycles. The van der Waals surface area contributed by atoms with Crippen LogP contribution < -0.4 is 4.90 Å². The Morgan fingerprint density at radius 3 is 2.67 bits per heavy atom. The maximum atomic E-state index is 4.77. The number of pyridine rings is 1. The predicted molar refractivity (Wildman–Crippen MR) is 98.1 cm³/mol. The molecule has 24 heavy (non-hydrogen) atoms. The third-order valence-electron chi connectivity index (χ3n) is 4.78. The number of anilines is 1. The van der Waals surface area contributed by atoms with Crippen molar-refractivity contribution in [1.82, 2.24) is 19.9 Å². The summed E-state index contributed by atoms with van der Waals surface area (Å²) < 4.78 is 0. The highest BCUT2D eigenvalue weighted by Gasteiger charge is 2.19. The van der Waals surface area contributed by atoms with Crippen molar-refractivity contribution in [3.63, 3.8) is 0 Å². The summed E-state index contributed by atoms with van der Waals surface area (Å²) in [6.07, 6.45) is 5.22. The molecule has 0 bridgehead atoms. The van der Waals surface area contributed by atoms with Crippen molar-refractivity contribution in [1.29, 1.82) is 0 Å². The standard InChI is InChI=1S/C19H27N5/c1-4-16-13-18(22-19(21-16)17-7-5-6-10-20-17)24(3)14-15-8-11-23(2)12-9-15/h5-7,10,13,15H,4,8-9,11-12,14H2,1-3H3. The smallest absolute Gasteiger partial charge is 0.180 e. The zero-order valence-corrected chi connectivity index (χ0v) is 14.9. The molecule has 0 N–H and O–H groups in total. The molecule has 2 aromatic rings. The van der Waals surface area contributed by atoms with E-state index in [9.17, 15) is 0 Å². The van der Waals surface area contributed by atoms with E-state index in [4.69, 9.17) is 4.98 Å². The van der Waals surface area contributed by atoms with Crippen LogP contribution in [0.25, 0.3) is 11.5 Å². The first kappa shape index (κ1) is 16.8. The molecule has 0 aromatic carbocycles. The van der Waals surface area contributed by atoms with Gasteiger partial charge in [0.1, 0.15) is 11.5 Å². The fourth-order valence-electron chi connectivity index (χ4n) is 3.19. The van der Waals surface area contributed by atoms with E-state index in [0.717, 1.165) is 41.9 Å². The van der Waals surface area contributed by atoms with Gasteiger partial charge in [0.05, 0.1) is 0 Å². The lowest BCUT2D eigenvalue weighted by Crippen LogP contribution is -2.36. The maximum absolute atomic E-state index is 4.77. The van der Waals surface area contributed by atoms with Gasteiger partial charge in [-0.3, -0.25) is 4.98 Å². The summed E-state index contributed by atoms with van der Waals surface area (Å²) in [6.45, 7) is 5.57. The normalized spacial score (nSPS) is 16.3. The zero-order valence-electron chi connectivity index (χ0n) is 14.9. The average molecular weight is 325 g/mol. The van der Waals surface area contributed by atoms with Gasteiger partial charge in [-0.05, 0) is 57.5 Å². The van der Waals surface area contributed by atoms with Gasteiger partial charge in [-0.25, -0.2) is 9.97 Å². The van der Waals surface area contributed by atoms with Gasteiger partial charge in [0.15, 0.2) is 5.82 Å². The Balaban J connectivity index is 1.79. The van der Waals surface area contributed by atoms with Crippen LogP contribution in [0, 0.1) is 5.92 Å². The largest absolute Gasteiger partial charge is 0.359 e. The third kappa shape index (κ3) is 4.09. The lowest BCUT2D eigenvalue weighted by molar-refractivity contribution is 0.222. The van der Waals surface area contributed by atoms with Gasteiger partial charge in [0.25, 0.3) is 0 Å². The molecule has 5 nitrogen and oxygen atoms in total. The molecule has 0 unspecified atom stereocenters.